The van der Waals surface area contributed by atoms with Crippen LogP contribution in [0.5, 0.6) is 0 Å². The smallest absolute Gasteiger partial charge is 0.251 e. The monoisotopic (exact) mass is 316 g/mol. The Morgan fingerprint density at radius 2 is 2.00 bits per heavy atom. The Kier molecular flexibility index (Phi) is 4.67. The SMILES string of the molecule is CS(=O)(=O)N1CCC(NC(=O)c2cccc(Cl)c2)CC1. The first-order valence-corrected chi connectivity index (χ1v) is 8.60. The molecular formula is C13H17ClN2O3S. The number of nitrogens with one attached hydrogen (secondary N) is 1. The molecule has 0 saturated carbocycles. The van der Waals surface area contributed by atoms with Gasteiger partial charge in [-0.2, -0.15) is 0 Å². The summed E-state index contributed by atoms with van der Waals surface area (Å²) in [5.41, 5.74) is 0.517. The lowest BCUT2D eigenvalue weighted by Gasteiger charge is -2.30. The van der Waals surface area contributed by atoms with E-state index in [1.54, 1.807) is 24.3 Å². The van der Waals surface area contributed by atoms with Crippen molar-refractivity contribution in [2.75, 3.05) is 19.3 Å². The summed E-state index contributed by atoms with van der Waals surface area (Å²) in [5, 5.41) is 3.43. The molecular weight excluding hydrogens is 300 g/mol. The Morgan fingerprint density at radius 3 is 2.55 bits per heavy atom. The van der Waals surface area contributed by atoms with Gasteiger partial charge in [-0.1, -0.05) is 17.7 Å². The van der Waals surface area contributed by atoms with E-state index in [9.17, 15) is 13.2 Å². The van der Waals surface area contributed by atoms with E-state index in [0.717, 1.165) is 0 Å². The first-order valence-electron chi connectivity index (χ1n) is 6.38. The summed E-state index contributed by atoms with van der Waals surface area (Å²) in [5.74, 6) is -0.176. The standard InChI is InChI=1S/C13H17ClN2O3S/c1-20(18,19)16-7-5-12(6-8-16)15-13(17)10-3-2-4-11(14)9-10/h2-4,9,12H,5-8H2,1H3,(H,15,17). The average Bonchev–Trinajstić information content (AvgIpc) is 2.38. The molecule has 0 atom stereocenters. The molecule has 0 spiro atoms. The predicted molar refractivity (Wildman–Crippen MR) is 78.4 cm³/mol. The zero-order valence-corrected chi connectivity index (χ0v) is 12.7. The molecule has 5 nitrogen and oxygen atoms in total. The number of carbonyl (C=O) groups is 1. The maximum Gasteiger partial charge on any atom is 0.251 e. The molecule has 1 fully saturated rings. The van der Waals surface area contributed by atoms with Gasteiger partial charge in [0.15, 0.2) is 0 Å². The second kappa shape index (κ2) is 6.11. The maximum absolute atomic E-state index is 12.0. The third kappa shape index (κ3) is 3.94. The predicted octanol–water partition coefficient (Wildman–Crippen LogP) is 1.49. The number of piperidine rings is 1. The lowest BCUT2D eigenvalue weighted by molar-refractivity contribution is 0.0924. The van der Waals surface area contributed by atoms with Gasteiger partial charge in [0.05, 0.1) is 6.26 Å². The van der Waals surface area contributed by atoms with E-state index in [0.29, 0.717) is 36.5 Å². The van der Waals surface area contributed by atoms with Gasteiger partial charge in [-0.3, -0.25) is 4.79 Å². The average molecular weight is 317 g/mol. The Balaban J connectivity index is 1.91. The van der Waals surface area contributed by atoms with Gasteiger partial charge in [-0.15, -0.1) is 0 Å². The summed E-state index contributed by atoms with van der Waals surface area (Å²) in [6.45, 7) is 0.888. The quantitative estimate of drug-likeness (QED) is 0.919. The van der Waals surface area contributed by atoms with E-state index < -0.39 is 10.0 Å². The number of hydrogen-bond acceptors (Lipinski definition) is 3. The van der Waals surface area contributed by atoms with Crippen molar-refractivity contribution in [3.05, 3.63) is 34.9 Å². The molecule has 1 heterocycles. The topological polar surface area (TPSA) is 66.5 Å². The minimum absolute atomic E-state index is 0.000480. The minimum Gasteiger partial charge on any atom is -0.349 e. The van der Waals surface area contributed by atoms with Crippen LogP contribution in [0.1, 0.15) is 23.2 Å². The van der Waals surface area contributed by atoms with Crippen molar-refractivity contribution in [3.63, 3.8) is 0 Å². The van der Waals surface area contributed by atoms with Gasteiger partial charge in [0, 0.05) is 29.7 Å². The highest BCUT2D eigenvalue weighted by atomic mass is 35.5. The van der Waals surface area contributed by atoms with Gasteiger partial charge in [-0.25, -0.2) is 12.7 Å². The fourth-order valence-corrected chi connectivity index (χ4v) is 3.29. The molecule has 1 amide bonds. The van der Waals surface area contributed by atoms with Gasteiger partial charge in [0.2, 0.25) is 10.0 Å². The highest BCUT2D eigenvalue weighted by molar-refractivity contribution is 7.88. The van der Waals surface area contributed by atoms with Gasteiger partial charge in [-0.05, 0) is 31.0 Å². The molecule has 1 aliphatic heterocycles. The Hall–Kier alpha value is -1.11. The molecule has 20 heavy (non-hydrogen) atoms. The van der Waals surface area contributed by atoms with Crippen molar-refractivity contribution in [2.24, 2.45) is 0 Å². The number of halogens is 1. The molecule has 1 aromatic carbocycles. The molecule has 110 valence electrons. The number of hydrogen-bond donors (Lipinski definition) is 1. The zero-order valence-electron chi connectivity index (χ0n) is 11.2. The molecule has 1 aliphatic rings. The van der Waals surface area contributed by atoms with E-state index in [1.807, 2.05) is 0 Å². The van der Waals surface area contributed by atoms with Crippen LogP contribution in [0.4, 0.5) is 0 Å². The fraction of sp³-hybridized carbons (Fsp3) is 0.462. The van der Waals surface area contributed by atoms with Crippen LogP contribution in [0, 0.1) is 0 Å². The van der Waals surface area contributed by atoms with Gasteiger partial charge >= 0.3 is 0 Å². The molecule has 2 rings (SSSR count). The van der Waals surface area contributed by atoms with Gasteiger partial charge in [0.1, 0.15) is 0 Å². The first kappa shape index (κ1) is 15.3. The Bertz CT molecular complexity index is 595. The van der Waals surface area contributed by atoms with Gasteiger partial charge in [0.25, 0.3) is 5.91 Å². The molecule has 7 heteroatoms. The Morgan fingerprint density at radius 1 is 1.35 bits per heavy atom. The van der Waals surface area contributed by atoms with Crippen LogP contribution in [0.25, 0.3) is 0 Å². The number of amides is 1. The third-order valence-corrected chi connectivity index (χ3v) is 4.88. The second-order valence-corrected chi connectivity index (χ2v) is 7.34. The van der Waals surface area contributed by atoms with Gasteiger partial charge < -0.3 is 5.32 Å². The highest BCUT2D eigenvalue weighted by Crippen LogP contribution is 2.15. The summed E-state index contributed by atoms with van der Waals surface area (Å²) in [6.07, 6.45) is 2.45. The summed E-state index contributed by atoms with van der Waals surface area (Å²) in [7, 11) is -3.13. The highest BCUT2D eigenvalue weighted by Gasteiger charge is 2.25. The second-order valence-electron chi connectivity index (χ2n) is 4.92. The lowest BCUT2D eigenvalue weighted by Crippen LogP contribution is -2.46. The van der Waals surface area contributed by atoms with E-state index in [1.165, 1.54) is 10.6 Å². The largest absolute Gasteiger partial charge is 0.349 e. The molecule has 1 saturated heterocycles. The van der Waals surface area contributed by atoms with Crippen molar-refractivity contribution in [2.45, 2.75) is 18.9 Å². The summed E-state index contributed by atoms with van der Waals surface area (Å²) >= 11 is 5.85. The molecule has 1 N–H and O–H groups in total. The van der Waals surface area contributed by atoms with Crippen molar-refractivity contribution in [3.8, 4) is 0 Å². The van der Waals surface area contributed by atoms with Crippen LogP contribution in [0.15, 0.2) is 24.3 Å². The number of sulfonamides is 1. The van der Waals surface area contributed by atoms with E-state index in [2.05, 4.69) is 5.32 Å². The maximum atomic E-state index is 12.0. The zero-order chi connectivity index (χ0) is 14.8. The lowest BCUT2D eigenvalue weighted by atomic mass is 10.1. The summed E-state index contributed by atoms with van der Waals surface area (Å²) in [4.78, 5) is 12.0. The first-order chi connectivity index (χ1) is 9.36. The van der Waals surface area contributed by atoms with Crippen LogP contribution < -0.4 is 5.32 Å². The van der Waals surface area contributed by atoms with Crippen LogP contribution in [0.2, 0.25) is 5.02 Å². The molecule has 0 bridgehead atoms. The van der Waals surface area contributed by atoms with E-state index in [-0.39, 0.29) is 11.9 Å². The molecule has 0 aliphatic carbocycles. The van der Waals surface area contributed by atoms with Crippen molar-refractivity contribution in [1.29, 1.82) is 0 Å². The summed E-state index contributed by atoms with van der Waals surface area (Å²) < 4.78 is 24.2. The molecule has 0 radical (unpaired) electrons. The van der Waals surface area contributed by atoms with Crippen molar-refractivity contribution >= 4 is 27.5 Å². The van der Waals surface area contributed by atoms with Crippen LogP contribution >= 0.6 is 11.6 Å². The minimum atomic E-state index is -3.13. The van der Waals surface area contributed by atoms with E-state index >= 15 is 0 Å². The van der Waals surface area contributed by atoms with Crippen LogP contribution in [-0.2, 0) is 10.0 Å². The van der Waals surface area contributed by atoms with Crippen molar-refractivity contribution < 1.29 is 13.2 Å². The molecule has 0 unspecified atom stereocenters. The molecule has 0 aromatic heterocycles. The number of nitrogens with zero attached hydrogens (tertiary/aromatic N) is 1. The van der Waals surface area contributed by atoms with E-state index in [4.69, 9.17) is 11.6 Å². The number of rotatable bonds is 3. The Labute approximate surface area is 124 Å². The summed E-state index contributed by atoms with van der Waals surface area (Å²) in [6, 6.07) is 6.75. The molecule has 1 aromatic rings. The van der Waals surface area contributed by atoms with Crippen molar-refractivity contribution in [1.82, 2.24) is 9.62 Å². The van der Waals surface area contributed by atoms with Crippen LogP contribution in [-0.4, -0.2) is 44.0 Å². The third-order valence-electron chi connectivity index (χ3n) is 3.34. The van der Waals surface area contributed by atoms with Crippen LogP contribution in [0.3, 0.4) is 0 Å². The number of carbonyl (C=O) groups excluding carboxylic acids is 1. The normalized spacial score (nSPS) is 17.9. The fourth-order valence-electron chi connectivity index (χ4n) is 2.23. The number of benzene rings is 1.